The van der Waals surface area contributed by atoms with Crippen LogP contribution in [0.25, 0.3) is 44.5 Å². The summed E-state index contributed by atoms with van der Waals surface area (Å²) in [6.07, 6.45) is 3.06. The maximum Gasteiger partial charge on any atom is 0.417 e. The molecule has 0 saturated carbocycles. The van der Waals surface area contributed by atoms with Crippen molar-refractivity contribution >= 4 is 28.2 Å². The molecule has 11 heteroatoms. The summed E-state index contributed by atoms with van der Waals surface area (Å²) < 4.78 is 46.4. The normalized spacial score (nSPS) is 13.5. The molecule has 0 atom stereocenters. The van der Waals surface area contributed by atoms with Crippen LogP contribution in [0.2, 0.25) is 0 Å². The molecule has 1 aliphatic rings. The van der Waals surface area contributed by atoms with Crippen LogP contribution in [-0.4, -0.2) is 37.4 Å². The Labute approximate surface area is 261 Å². The summed E-state index contributed by atoms with van der Waals surface area (Å²) in [6, 6.07) is 22.1. The van der Waals surface area contributed by atoms with E-state index in [0.717, 1.165) is 36.8 Å². The number of hydrogen-bond donors (Lipinski definition) is 2. The first-order chi connectivity index (χ1) is 22.2. The molecule has 3 aromatic heterocycles. The van der Waals surface area contributed by atoms with E-state index in [0.29, 0.717) is 22.2 Å². The minimum atomic E-state index is -4.73. The molecule has 0 aliphatic carbocycles. The van der Waals surface area contributed by atoms with E-state index in [9.17, 15) is 18.0 Å². The van der Waals surface area contributed by atoms with E-state index in [1.807, 2.05) is 24.3 Å². The van der Waals surface area contributed by atoms with Crippen molar-refractivity contribution in [2.45, 2.75) is 12.6 Å². The van der Waals surface area contributed by atoms with Gasteiger partial charge in [-0.3, -0.25) is 14.0 Å². The monoisotopic (exact) mass is 619 g/mol. The molecule has 6 aromatic rings. The third-order valence-electron chi connectivity index (χ3n) is 7.98. The van der Waals surface area contributed by atoms with Crippen LogP contribution in [0, 0.1) is 0 Å². The molecule has 0 amide bonds. The lowest BCUT2D eigenvalue weighted by Crippen LogP contribution is -2.23. The second-order valence-electron chi connectivity index (χ2n) is 11.1. The van der Waals surface area contributed by atoms with Crippen LogP contribution in [0.15, 0.2) is 108 Å². The molecule has 7 rings (SSSR count). The average Bonchev–Trinajstić information content (AvgIpc) is 3.51. The Morgan fingerprint density at radius 3 is 2.37 bits per heavy atom. The second-order valence-corrected chi connectivity index (χ2v) is 11.1. The Morgan fingerprint density at radius 2 is 1.67 bits per heavy atom. The molecule has 0 spiro atoms. The SMILES string of the molecule is Cn1cc(-c2ccc(-c3cc4cnc(Nc5ccc(C6=CCNCC6)cc5)nc4n(-c4ccccc4)c3=O)c(C(F)(F)F)c2)cn1. The predicted molar refractivity (Wildman–Crippen MR) is 173 cm³/mol. The van der Waals surface area contributed by atoms with Gasteiger partial charge >= 0.3 is 6.18 Å². The number of fused-ring (bicyclic) bond motifs is 1. The molecule has 0 saturated heterocycles. The molecular weight excluding hydrogens is 591 g/mol. The maximum absolute atomic E-state index is 14.5. The van der Waals surface area contributed by atoms with Gasteiger partial charge in [0.25, 0.3) is 5.56 Å². The van der Waals surface area contributed by atoms with Gasteiger partial charge in [0.1, 0.15) is 0 Å². The number of para-hydroxylation sites is 1. The van der Waals surface area contributed by atoms with Gasteiger partial charge < -0.3 is 10.6 Å². The molecular formula is C35H28F3N7O. The summed E-state index contributed by atoms with van der Waals surface area (Å²) in [6.45, 7) is 1.79. The smallest absolute Gasteiger partial charge is 0.324 e. The molecule has 2 N–H and O–H groups in total. The minimum absolute atomic E-state index is 0.117. The quantitative estimate of drug-likeness (QED) is 0.209. The van der Waals surface area contributed by atoms with Crippen LogP contribution in [-0.2, 0) is 13.2 Å². The van der Waals surface area contributed by atoms with E-state index in [2.05, 4.69) is 31.8 Å². The Kier molecular flexibility index (Phi) is 7.45. The van der Waals surface area contributed by atoms with E-state index in [4.69, 9.17) is 0 Å². The molecule has 1 aliphatic heterocycles. The van der Waals surface area contributed by atoms with Crippen molar-refractivity contribution in [1.29, 1.82) is 0 Å². The number of alkyl halides is 3. The van der Waals surface area contributed by atoms with Crippen LogP contribution in [0.4, 0.5) is 24.8 Å². The van der Waals surface area contributed by atoms with Gasteiger partial charge in [-0.2, -0.15) is 23.3 Å². The fraction of sp³-hybridized carbons (Fsp3) is 0.143. The Balaban J connectivity index is 1.33. The Bertz CT molecular complexity index is 2150. The standard InChI is InChI=1S/C35H28F3N7O/c1-44-21-26(20-41-44)24-9-12-29(31(18-24)35(36,37)38)30-17-25-19-40-34(43-32(25)45(33(30)46)28-5-3-2-4-6-28)42-27-10-7-22(8-11-27)23-13-15-39-16-14-23/h2-13,17-21,39H,14-16H2,1H3,(H,40,42,43). The molecule has 0 radical (unpaired) electrons. The highest BCUT2D eigenvalue weighted by Crippen LogP contribution is 2.39. The largest absolute Gasteiger partial charge is 0.417 e. The molecule has 0 unspecified atom stereocenters. The second kappa shape index (κ2) is 11.8. The maximum atomic E-state index is 14.5. The number of halogens is 3. The van der Waals surface area contributed by atoms with E-state index < -0.39 is 17.3 Å². The number of nitrogens with one attached hydrogen (secondary N) is 2. The highest BCUT2D eigenvalue weighted by Gasteiger charge is 2.35. The van der Waals surface area contributed by atoms with Crippen molar-refractivity contribution in [3.63, 3.8) is 0 Å². The van der Waals surface area contributed by atoms with Gasteiger partial charge in [0, 0.05) is 48.2 Å². The van der Waals surface area contributed by atoms with Gasteiger partial charge in [0.05, 0.1) is 17.4 Å². The highest BCUT2D eigenvalue weighted by molar-refractivity contribution is 5.85. The van der Waals surface area contributed by atoms with Crippen molar-refractivity contribution in [3.8, 4) is 27.9 Å². The first-order valence-electron chi connectivity index (χ1n) is 14.7. The zero-order valence-corrected chi connectivity index (χ0v) is 24.7. The van der Waals surface area contributed by atoms with Crippen LogP contribution < -0.4 is 16.2 Å². The van der Waals surface area contributed by atoms with Crippen LogP contribution in [0.3, 0.4) is 0 Å². The number of anilines is 2. The summed E-state index contributed by atoms with van der Waals surface area (Å²) in [5.41, 5.74) is 2.87. The van der Waals surface area contributed by atoms with Gasteiger partial charge in [-0.15, -0.1) is 0 Å². The fourth-order valence-electron chi connectivity index (χ4n) is 5.71. The number of aryl methyl sites for hydroxylation is 1. The first kappa shape index (κ1) is 29.2. The molecule has 230 valence electrons. The van der Waals surface area contributed by atoms with Gasteiger partial charge in [-0.05, 0) is 71.6 Å². The molecule has 0 bridgehead atoms. The van der Waals surface area contributed by atoms with Crippen LogP contribution in [0.1, 0.15) is 17.5 Å². The third kappa shape index (κ3) is 5.68. The van der Waals surface area contributed by atoms with E-state index in [1.54, 1.807) is 49.6 Å². The summed E-state index contributed by atoms with van der Waals surface area (Å²) in [4.78, 5) is 23.3. The van der Waals surface area contributed by atoms with E-state index in [-0.39, 0.29) is 22.7 Å². The zero-order chi connectivity index (χ0) is 31.8. The van der Waals surface area contributed by atoms with Crippen molar-refractivity contribution in [2.24, 2.45) is 7.05 Å². The summed E-state index contributed by atoms with van der Waals surface area (Å²) in [5.74, 6) is 0.245. The lowest BCUT2D eigenvalue weighted by atomic mass is 9.95. The van der Waals surface area contributed by atoms with Gasteiger partial charge in [0.2, 0.25) is 5.95 Å². The number of nitrogens with zero attached hydrogens (tertiary/aromatic N) is 5. The third-order valence-corrected chi connectivity index (χ3v) is 7.98. The topological polar surface area (TPSA) is 89.7 Å². The number of benzene rings is 3. The number of aromatic nitrogens is 5. The number of pyridine rings is 1. The van der Waals surface area contributed by atoms with Crippen molar-refractivity contribution in [3.05, 3.63) is 125 Å². The van der Waals surface area contributed by atoms with Gasteiger partial charge in [0.15, 0.2) is 5.65 Å². The summed E-state index contributed by atoms with van der Waals surface area (Å²) >= 11 is 0. The highest BCUT2D eigenvalue weighted by atomic mass is 19.4. The van der Waals surface area contributed by atoms with Crippen molar-refractivity contribution < 1.29 is 13.2 Å². The summed E-state index contributed by atoms with van der Waals surface area (Å²) in [5, 5.41) is 11.0. The van der Waals surface area contributed by atoms with Gasteiger partial charge in [-0.1, -0.05) is 48.5 Å². The molecule has 8 nitrogen and oxygen atoms in total. The molecule has 3 aromatic carbocycles. The Hall–Kier alpha value is -5.55. The lowest BCUT2D eigenvalue weighted by molar-refractivity contribution is -0.137. The molecule has 4 heterocycles. The molecule has 46 heavy (non-hydrogen) atoms. The molecule has 0 fully saturated rings. The van der Waals surface area contributed by atoms with Crippen LogP contribution >= 0.6 is 0 Å². The zero-order valence-electron chi connectivity index (χ0n) is 24.7. The van der Waals surface area contributed by atoms with E-state index >= 15 is 0 Å². The number of hydrogen-bond acceptors (Lipinski definition) is 6. The summed E-state index contributed by atoms with van der Waals surface area (Å²) in [7, 11) is 1.69. The first-order valence-corrected chi connectivity index (χ1v) is 14.7. The number of rotatable bonds is 6. The fourth-order valence-corrected chi connectivity index (χ4v) is 5.71. The van der Waals surface area contributed by atoms with E-state index in [1.165, 1.54) is 39.3 Å². The Morgan fingerprint density at radius 1 is 0.891 bits per heavy atom. The van der Waals surface area contributed by atoms with Crippen molar-refractivity contribution in [1.82, 2.24) is 29.6 Å². The van der Waals surface area contributed by atoms with Gasteiger partial charge in [-0.25, -0.2) is 4.98 Å². The predicted octanol–water partition coefficient (Wildman–Crippen LogP) is 6.99. The minimum Gasteiger partial charge on any atom is -0.324 e. The van der Waals surface area contributed by atoms with Crippen LogP contribution in [0.5, 0.6) is 0 Å². The average molecular weight is 620 g/mol. The lowest BCUT2D eigenvalue weighted by Gasteiger charge is -2.17. The van der Waals surface area contributed by atoms with Crippen molar-refractivity contribution in [2.75, 3.05) is 18.4 Å².